The van der Waals surface area contributed by atoms with Crippen LogP contribution in [0.3, 0.4) is 0 Å². The lowest BCUT2D eigenvalue weighted by Gasteiger charge is -2.19. The first-order valence-electron chi connectivity index (χ1n) is 8.02. The molecule has 2 aromatic heterocycles. The van der Waals surface area contributed by atoms with Gasteiger partial charge in [0.25, 0.3) is 0 Å². The fourth-order valence-corrected chi connectivity index (χ4v) is 2.89. The molecule has 0 aliphatic rings. The van der Waals surface area contributed by atoms with E-state index in [0.29, 0.717) is 36.2 Å². The number of halogens is 3. The maximum atomic E-state index is 12.5. The zero-order valence-corrected chi connectivity index (χ0v) is 15.2. The highest BCUT2D eigenvalue weighted by atomic mass is 32.1. The number of aliphatic hydroxyl groups is 1. The van der Waals surface area contributed by atoms with Crippen molar-refractivity contribution in [1.82, 2.24) is 15.6 Å². The van der Waals surface area contributed by atoms with Gasteiger partial charge in [0.05, 0.1) is 17.8 Å². The fourth-order valence-electron chi connectivity index (χ4n) is 2.08. The molecule has 2 aromatic rings. The number of nitrogens with zero attached hydrogens (tertiary/aromatic N) is 2. The minimum atomic E-state index is -4.42. The molecule has 0 saturated heterocycles. The molecule has 26 heavy (non-hydrogen) atoms. The summed E-state index contributed by atoms with van der Waals surface area (Å²) in [7, 11) is 0. The topological polar surface area (TPSA) is 82.7 Å². The highest BCUT2D eigenvalue weighted by Gasteiger charge is 2.33. The van der Waals surface area contributed by atoms with Crippen molar-refractivity contribution in [2.45, 2.75) is 32.0 Å². The summed E-state index contributed by atoms with van der Waals surface area (Å²) in [5, 5.41) is 17.8. The summed E-state index contributed by atoms with van der Waals surface area (Å²) in [5.41, 5.74) is -2.13. The number of aromatic nitrogens is 1. The van der Waals surface area contributed by atoms with Crippen molar-refractivity contribution in [3.8, 4) is 0 Å². The molecule has 3 N–H and O–H groups in total. The summed E-state index contributed by atoms with van der Waals surface area (Å²) in [5.74, 6) is 0.853. The van der Waals surface area contributed by atoms with Crippen LogP contribution in [0, 0.1) is 0 Å². The van der Waals surface area contributed by atoms with E-state index in [1.165, 1.54) is 6.26 Å². The molecule has 2 rings (SSSR count). The molecule has 0 spiro atoms. The quantitative estimate of drug-likeness (QED) is 0.500. The highest BCUT2D eigenvalue weighted by molar-refractivity contribution is 7.09. The summed E-state index contributed by atoms with van der Waals surface area (Å²) in [4.78, 5) is 7.89. The summed E-state index contributed by atoms with van der Waals surface area (Å²) in [6.07, 6.45) is -2.62. The molecular formula is C16H21F3N4O2S. The van der Waals surface area contributed by atoms with Crippen LogP contribution in [-0.2, 0) is 18.2 Å². The molecule has 0 bridgehead atoms. The van der Waals surface area contributed by atoms with Gasteiger partial charge in [-0.25, -0.2) is 9.98 Å². The van der Waals surface area contributed by atoms with Gasteiger partial charge in [-0.1, -0.05) is 0 Å². The normalized spacial score (nSPS) is 14.9. The zero-order chi connectivity index (χ0) is 19.2. The van der Waals surface area contributed by atoms with Gasteiger partial charge in [-0.05, 0) is 26.0 Å². The Bertz CT molecular complexity index is 711. The Hall–Kier alpha value is -2.07. The van der Waals surface area contributed by atoms with Crippen molar-refractivity contribution in [3.05, 3.63) is 40.2 Å². The summed E-state index contributed by atoms with van der Waals surface area (Å²) < 4.78 is 42.8. The van der Waals surface area contributed by atoms with Crippen LogP contribution in [0.15, 0.2) is 33.2 Å². The highest BCUT2D eigenvalue weighted by Crippen LogP contribution is 2.30. The van der Waals surface area contributed by atoms with Crippen molar-refractivity contribution in [2.75, 3.05) is 19.6 Å². The molecule has 0 amide bonds. The molecule has 0 aliphatic carbocycles. The summed E-state index contributed by atoms with van der Waals surface area (Å²) in [6, 6.07) is 3.34. The van der Waals surface area contributed by atoms with E-state index in [9.17, 15) is 18.3 Å². The van der Waals surface area contributed by atoms with Crippen LogP contribution < -0.4 is 10.6 Å². The Labute approximate surface area is 153 Å². The second-order valence-corrected chi connectivity index (χ2v) is 6.69. The molecule has 0 aliphatic heterocycles. The first-order chi connectivity index (χ1) is 12.2. The third kappa shape index (κ3) is 5.73. The number of alkyl halides is 3. The Morgan fingerprint density at radius 1 is 1.38 bits per heavy atom. The monoisotopic (exact) mass is 390 g/mol. The summed E-state index contributed by atoms with van der Waals surface area (Å²) >= 11 is 0.974. The molecule has 2 heterocycles. The Kier molecular flexibility index (Phi) is 6.65. The molecular weight excluding hydrogens is 369 g/mol. The predicted octanol–water partition coefficient (Wildman–Crippen LogP) is 2.76. The molecule has 144 valence electrons. The van der Waals surface area contributed by atoms with E-state index in [1.54, 1.807) is 19.1 Å². The van der Waals surface area contributed by atoms with Gasteiger partial charge in [0, 0.05) is 24.9 Å². The average molecular weight is 390 g/mol. The van der Waals surface area contributed by atoms with Gasteiger partial charge in [-0.2, -0.15) is 13.2 Å². The summed E-state index contributed by atoms with van der Waals surface area (Å²) in [6.45, 7) is 4.50. The SMILES string of the molecule is CCNC(=NCC(C)(O)c1ccco1)NCCc1nc(C(F)(F)F)cs1. The number of thiazole rings is 1. The average Bonchev–Trinajstić information content (AvgIpc) is 3.24. The molecule has 0 radical (unpaired) electrons. The molecule has 10 heteroatoms. The number of rotatable bonds is 7. The van der Waals surface area contributed by atoms with Crippen molar-refractivity contribution in [1.29, 1.82) is 0 Å². The largest absolute Gasteiger partial charge is 0.466 e. The lowest BCUT2D eigenvalue weighted by Crippen LogP contribution is -2.39. The zero-order valence-electron chi connectivity index (χ0n) is 14.4. The lowest BCUT2D eigenvalue weighted by molar-refractivity contribution is -0.140. The lowest BCUT2D eigenvalue weighted by atomic mass is 10.0. The molecule has 0 aromatic carbocycles. The molecule has 0 saturated carbocycles. The first-order valence-corrected chi connectivity index (χ1v) is 8.90. The van der Waals surface area contributed by atoms with Crippen LogP contribution in [0.2, 0.25) is 0 Å². The van der Waals surface area contributed by atoms with E-state index < -0.39 is 17.5 Å². The number of aliphatic imine (C=N–C) groups is 1. The smallest absolute Gasteiger partial charge is 0.434 e. The van der Waals surface area contributed by atoms with Crippen LogP contribution in [-0.4, -0.2) is 35.7 Å². The van der Waals surface area contributed by atoms with Crippen molar-refractivity contribution >= 4 is 17.3 Å². The number of hydrogen-bond donors (Lipinski definition) is 3. The van der Waals surface area contributed by atoms with Gasteiger partial charge in [-0.3, -0.25) is 0 Å². The van der Waals surface area contributed by atoms with Crippen molar-refractivity contribution in [3.63, 3.8) is 0 Å². The van der Waals surface area contributed by atoms with Crippen LogP contribution >= 0.6 is 11.3 Å². The predicted molar refractivity (Wildman–Crippen MR) is 93.1 cm³/mol. The van der Waals surface area contributed by atoms with Gasteiger partial charge in [0.1, 0.15) is 11.4 Å². The first kappa shape index (κ1) is 20.2. The van der Waals surface area contributed by atoms with E-state index >= 15 is 0 Å². The Balaban J connectivity index is 1.90. The van der Waals surface area contributed by atoms with Crippen LogP contribution in [0.25, 0.3) is 0 Å². The van der Waals surface area contributed by atoms with E-state index in [4.69, 9.17) is 4.42 Å². The Morgan fingerprint density at radius 3 is 2.73 bits per heavy atom. The van der Waals surface area contributed by atoms with Crippen molar-refractivity contribution in [2.24, 2.45) is 4.99 Å². The maximum Gasteiger partial charge on any atom is 0.434 e. The second-order valence-electron chi connectivity index (χ2n) is 5.75. The molecule has 0 fully saturated rings. The Morgan fingerprint density at radius 2 is 2.15 bits per heavy atom. The third-order valence-corrected chi connectivity index (χ3v) is 4.32. The molecule has 1 unspecified atom stereocenters. The van der Waals surface area contributed by atoms with Crippen LogP contribution in [0.5, 0.6) is 0 Å². The number of guanidine groups is 1. The van der Waals surface area contributed by atoms with E-state index in [2.05, 4.69) is 20.6 Å². The molecule has 1 atom stereocenters. The number of hydrogen-bond acceptors (Lipinski definition) is 5. The van der Waals surface area contributed by atoms with Gasteiger partial charge >= 0.3 is 6.18 Å². The standard InChI is InChI=1S/C16H21F3N4O2S/c1-3-20-14(22-10-15(2,24)12-5-4-8-25-12)21-7-6-13-23-11(9-26-13)16(17,18)19/h4-5,8-9,24H,3,6-7,10H2,1-2H3,(H2,20,21,22). The number of nitrogens with one attached hydrogen (secondary N) is 2. The van der Waals surface area contributed by atoms with Crippen LogP contribution in [0.1, 0.15) is 30.3 Å². The van der Waals surface area contributed by atoms with E-state index in [1.807, 2.05) is 6.92 Å². The van der Waals surface area contributed by atoms with Crippen LogP contribution in [0.4, 0.5) is 13.2 Å². The number of furan rings is 1. The van der Waals surface area contributed by atoms with E-state index in [0.717, 1.165) is 16.7 Å². The second kappa shape index (κ2) is 8.54. The van der Waals surface area contributed by atoms with Gasteiger partial charge in [0.2, 0.25) is 0 Å². The fraction of sp³-hybridized carbons (Fsp3) is 0.500. The van der Waals surface area contributed by atoms with Gasteiger partial charge in [0.15, 0.2) is 11.7 Å². The third-order valence-electron chi connectivity index (χ3n) is 3.41. The minimum absolute atomic E-state index is 0.0608. The van der Waals surface area contributed by atoms with Crippen molar-refractivity contribution < 1.29 is 22.7 Å². The van der Waals surface area contributed by atoms with E-state index in [-0.39, 0.29) is 6.54 Å². The van der Waals surface area contributed by atoms with Gasteiger partial charge in [-0.15, -0.1) is 11.3 Å². The maximum absolute atomic E-state index is 12.5. The van der Waals surface area contributed by atoms with Gasteiger partial charge < -0.3 is 20.2 Å². The molecule has 6 nitrogen and oxygen atoms in total. The minimum Gasteiger partial charge on any atom is -0.466 e.